The third-order valence-electron chi connectivity index (χ3n) is 4.15. The first kappa shape index (κ1) is 18.8. The number of nitrogens with zero attached hydrogens (tertiary/aromatic N) is 1. The molecule has 142 valence electrons. The maximum absolute atomic E-state index is 13.0. The van der Waals surface area contributed by atoms with Gasteiger partial charge in [-0.05, 0) is 35.9 Å². The summed E-state index contributed by atoms with van der Waals surface area (Å²) in [6, 6.07) is 9.77. The molecule has 0 saturated carbocycles. The van der Waals surface area contributed by atoms with Crippen LogP contribution in [0.2, 0.25) is 0 Å². The van der Waals surface area contributed by atoms with Gasteiger partial charge in [0.05, 0.1) is 23.9 Å². The molecular formula is C19H16F3NO4. The number of methoxy groups -OCH3 is 1. The van der Waals surface area contributed by atoms with E-state index in [1.807, 2.05) is 0 Å². The molecule has 0 aromatic heterocycles. The van der Waals surface area contributed by atoms with E-state index in [1.165, 1.54) is 20.3 Å². The second kappa shape index (κ2) is 7.30. The largest absolute Gasteiger partial charge is 0.485 e. The highest BCUT2D eigenvalue weighted by Gasteiger charge is 2.34. The number of carbonyl (C=O) groups excluding carboxylic acids is 1. The van der Waals surface area contributed by atoms with E-state index in [0.29, 0.717) is 22.4 Å². The van der Waals surface area contributed by atoms with Gasteiger partial charge in [-0.1, -0.05) is 17.3 Å². The molecule has 0 fully saturated rings. The summed E-state index contributed by atoms with van der Waals surface area (Å²) in [5.41, 5.74) is 1.01. The van der Waals surface area contributed by atoms with Crippen LogP contribution in [0.1, 0.15) is 39.6 Å². The summed E-state index contributed by atoms with van der Waals surface area (Å²) in [5, 5.41) is 3.93. The van der Waals surface area contributed by atoms with E-state index >= 15 is 0 Å². The van der Waals surface area contributed by atoms with Gasteiger partial charge in [0.15, 0.2) is 0 Å². The lowest BCUT2D eigenvalue weighted by molar-refractivity contribution is -0.137. The molecule has 27 heavy (non-hydrogen) atoms. The Morgan fingerprint density at radius 2 is 1.96 bits per heavy atom. The summed E-state index contributed by atoms with van der Waals surface area (Å²) >= 11 is 0. The molecule has 8 heteroatoms. The summed E-state index contributed by atoms with van der Waals surface area (Å²) < 4.78 is 49.6. The van der Waals surface area contributed by atoms with Crippen LogP contribution in [-0.4, -0.2) is 25.9 Å². The van der Waals surface area contributed by atoms with Gasteiger partial charge in [0.2, 0.25) is 0 Å². The fourth-order valence-electron chi connectivity index (χ4n) is 2.88. The maximum Gasteiger partial charge on any atom is 0.416 e. The Hall–Kier alpha value is -3.03. The van der Waals surface area contributed by atoms with Crippen molar-refractivity contribution in [3.05, 3.63) is 64.7 Å². The molecule has 1 aliphatic rings. The molecule has 2 aromatic carbocycles. The van der Waals surface area contributed by atoms with Crippen LogP contribution in [0.15, 0.2) is 47.6 Å². The summed E-state index contributed by atoms with van der Waals surface area (Å²) in [6.07, 6.45) is -4.84. The lowest BCUT2D eigenvalue weighted by atomic mass is 9.94. The van der Waals surface area contributed by atoms with E-state index in [2.05, 4.69) is 5.16 Å². The number of alkyl halides is 3. The number of fused-ring (bicyclic) bond motifs is 1. The maximum atomic E-state index is 13.0. The molecule has 0 spiro atoms. The predicted molar refractivity (Wildman–Crippen MR) is 90.8 cm³/mol. The molecule has 0 aliphatic carbocycles. The zero-order chi connectivity index (χ0) is 19.6. The smallest absolute Gasteiger partial charge is 0.416 e. The van der Waals surface area contributed by atoms with E-state index in [9.17, 15) is 18.0 Å². The van der Waals surface area contributed by atoms with Gasteiger partial charge in [0.1, 0.15) is 19.0 Å². The standard InChI is InChI=1S/C19H16F3NO4/c1-25-18(24)12-5-3-4-11(8-12)16-10-15(23-26-2)14-7-6-13(19(20,21)22)9-17(14)27-16/h3-9,16H,10H2,1-2H3/b23-15+. The van der Waals surface area contributed by atoms with Crippen molar-refractivity contribution in [2.24, 2.45) is 5.16 Å². The zero-order valence-electron chi connectivity index (χ0n) is 14.5. The van der Waals surface area contributed by atoms with Crippen molar-refractivity contribution in [2.45, 2.75) is 18.7 Å². The molecule has 1 unspecified atom stereocenters. The second-order valence-corrected chi connectivity index (χ2v) is 5.86. The van der Waals surface area contributed by atoms with Crippen LogP contribution in [0.25, 0.3) is 0 Å². The first-order valence-electron chi connectivity index (χ1n) is 8.00. The molecule has 1 aliphatic heterocycles. The predicted octanol–water partition coefficient (Wildman–Crippen LogP) is 4.37. The summed E-state index contributed by atoms with van der Waals surface area (Å²) in [4.78, 5) is 16.6. The van der Waals surface area contributed by atoms with Gasteiger partial charge in [-0.25, -0.2) is 4.79 Å². The normalized spacial score (nSPS) is 17.8. The number of hydrogen-bond acceptors (Lipinski definition) is 5. The van der Waals surface area contributed by atoms with Crippen LogP contribution >= 0.6 is 0 Å². The van der Waals surface area contributed by atoms with E-state index in [4.69, 9.17) is 14.3 Å². The Balaban J connectivity index is 2.02. The Kier molecular flexibility index (Phi) is 5.07. The number of hydrogen-bond donors (Lipinski definition) is 0. The van der Waals surface area contributed by atoms with Crippen LogP contribution in [-0.2, 0) is 15.8 Å². The topological polar surface area (TPSA) is 57.1 Å². The number of carbonyl (C=O) groups is 1. The van der Waals surface area contributed by atoms with Crippen LogP contribution in [0.3, 0.4) is 0 Å². The number of ether oxygens (including phenoxy) is 2. The second-order valence-electron chi connectivity index (χ2n) is 5.86. The molecule has 3 rings (SSSR count). The van der Waals surface area contributed by atoms with Crippen molar-refractivity contribution in [1.82, 2.24) is 0 Å². The van der Waals surface area contributed by atoms with Gasteiger partial charge in [0.25, 0.3) is 0 Å². The molecule has 2 aromatic rings. The van der Waals surface area contributed by atoms with Crippen LogP contribution in [0.4, 0.5) is 13.2 Å². The Morgan fingerprint density at radius 1 is 1.19 bits per heavy atom. The number of halogens is 3. The molecule has 1 heterocycles. The van der Waals surface area contributed by atoms with Crippen molar-refractivity contribution in [2.75, 3.05) is 14.2 Å². The average molecular weight is 379 g/mol. The Labute approximate surface area is 153 Å². The number of oxime groups is 1. The van der Waals surface area contributed by atoms with Gasteiger partial charge in [0, 0.05) is 12.0 Å². The first-order chi connectivity index (χ1) is 12.8. The van der Waals surface area contributed by atoms with Crippen molar-refractivity contribution in [3.8, 4) is 5.75 Å². The minimum absolute atomic E-state index is 0.0559. The van der Waals surface area contributed by atoms with Crippen molar-refractivity contribution >= 4 is 11.7 Å². The fraction of sp³-hybridized carbons (Fsp3) is 0.263. The van der Waals surface area contributed by atoms with Crippen molar-refractivity contribution in [3.63, 3.8) is 0 Å². The molecule has 0 saturated heterocycles. The lowest BCUT2D eigenvalue weighted by Crippen LogP contribution is -2.22. The van der Waals surface area contributed by atoms with Crippen LogP contribution in [0, 0.1) is 0 Å². The minimum Gasteiger partial charge on any atom is -0.485 e. The fourth-order valence-corrected chi connectivity index (χ4v) is 2.88. The van der Waals surface area contributed by atoms with Gasteiger partial charge >= 0.3 is 12.1 Å². The average Bonchev–Trinajstić information content (AvgIpc) is 2.66. The molecule has 0 bridgehead atoms. The molecular weight excluding hydrogens is 363 g/mol. The molecule has 1 atom stereocenters. The van der Waals surface area contributed by atoms with E-state index in [0.717, 1.165) is 12.1 Å². The zero-order valence-corrected chi connectivity index (χ0v) is 14.5. The van der Waals surface area contributed by atoms with E-state index < -0.39 is 23.8 Å². The number of rotatable bonds is 3. The van der Waals surface area contributed by atoms with E-state index in [-0.39, 0.29) is 12.2 Å². The minimum atomic E-state index is -4.49. The summed E-state index contributed by atoms with van der Waals surface area (Å²) in [6.45, 7) is 0. The Bertz CT molecular complexity index is 893. The summed E-state index contributed by atoms with van der Waals surface area (Å²) in [7, 11) is 2.63. The highest BCUT2D eigenvalue weighted by atomic mass is 19.4. The third kappa shape index (κ3) is 3.89. The molecule has 0 radical (unpaired) electrons. The van der Waals surface area contributed by atoms with Crippen LogP contribution in [0.5, 0.6) is 5.75 Å². The van der Waals surface area contributed by atoms with E-state index in [1.54, 1.807) is 24.3 Å². The van der Waals surface area contributed by atoms with Gasteiger partial charge in [-0.3, -0.25) is 0 Å². The highest BCUT2D eigenvalue weighted by Crippen LogP contribution is 2.39. The SMILES string of the molecule is CO/N=C1\CC(c2cccc(C(=O)OC)c2)Oc2cc(C(F)(F)F)ccc21. The van der Waals surface area contributed by atoms with Gasteiger partial charge in [-0.2, -0.15) is 13.2 Å². The monoisotopic (exact) mass is 379 g/mol. The first-order valence-corrected chi connectivity index (χ1v) is 8.00. The lowest BCUT2D eigenvalue weighted by Gasteiger charge is -2.28. The number of benzene rings is 2. The van der Waals surface area contributed by atoms with Crippen LogP contribution < -0.4 is 4.74 Å². The van der Waals surface area contributed by atoms with Crippen molar-refractivity contribution < 1.29 is 32.3 Å². The molecule has 0 amide bonds. The molecule has 0 N–H and O–H groups in total. The summed E-state index contributed by atoms with van der Waals surface area (Å²) in [5.74, 6) is -0.460. The number of esters is 1. The Morgan fingerprint density at radius 3 is 2.63 bits per heavy atom. The van der Waals surface area contributed by atoms with Crippen molar-refractivity contribution in [1.29, 1.82) is 0 Å². The van der Waals surface area contributed by atoms with Gasteiger partial charge in [-0.15, -0.1) is 0 Å². The highest BCUT2D eigenvalue weighted by molar-refractivity contribution is 6.04. The molecule has 5 nitrogen and oxygen atoms in total. The van der Waals surface area contributed by atoms with Gasteiger partial charge < -0.3 is 14.3 Å². The third-order valence-corrected chi connectivity index (χ3v) is 4.15. The quantitative estimate of drug-likeness (QED) is 0.587.